The quantitative estimate of drug-likeness (QED) is 0.884. The smallest absolute Gasteiger partial charge is 0.0661 e. The number of benzene rings is 1. The lowest BCUT2D eigenvalue weighted by molar-refractivity contribution is 0.214. The minimum atomic E-state index is -0.0825. The van der Waals surface area contributed by atoms with Crippen molar-refractivity contribution in [1.29, 1.82) is 0 Å². The Labute approximate surface area is 98.8 Å². The highest BCUT2D eigenvalue weighted by atomic mass is 79.9. The Kier molecular flexibility index (Phi) is 3.32. The lowest BCUT2D eigenvalue weighted by Gasteiger charge is -2.29. The van der Waals surface area contributed by atoms with E-state index in [1.165, 1.54) is 12.8 Å². The molecule has 15 heavy (non-hydrogen) atoms. The van der Waals surface area contributed by atoms with Gasteiger partial charge in [0.1, 0.15) is 0 Å². The fraction of sp³-hybridized carbons (Fsp3) is 0.500. The third-order valence-electron chi connectivity index (χ3n) is 3.10. The second-order valence-electron chi connectivity index (χ2n) is 4.28. The van der Waals surface area contributed by atoms with Crippen LogP contribution in [0.15, 0.2) is 28.7 Å². The number of hydrogen-bond donors (Lipinski definition) is 2. The summed E-state index contributed by atoms with van der Waals surface area (Å²) in [4.78, 5) is 0. The van der Waals surface area contributed by atoms with Crippen LogP contribution in [0.25, 0.3) is 0 Å². The zero-order chi connectivity index (χ0) is 10.7. The molecule has 0 amide bonds. The molecule has 0 saturated heterocycles. The van der Waals surface area contributed by atoms with Gasteiger partial charge in [-0.3, -0.25) is 0 Å². The van der Waals surface area contributed by atoms with Gasteiger partial charge in [-0.25, -0.2) is 0 Å². The molecule has 0 aromatic heterocycles. The Hall–Kier alpha value is -0.540. The molecule has 0 bridgehead atoms. The van der Waals surface area contributed by atoms with E-state index in [2.05, 4.69) is 27.3 Å². The predicted octanol–water partition coefficient (Wildman–Crippen LogP) is 3.17. The lowest BCUT2D eigenvalue weighted by atomic mass is 9.98. The van der Waals surface area contributed by atoms with E-state index in [1.807, 2.05) is 18.2 Å². The minimum absolute atomic E-state index is 0.0825. The Bertz CT molecular complexity index is 334. The number of aliphatic hydroxyl groups excluding tert-OH is 1. The lowest BCUT2D eigenvalue weighted by Crippen LogP contribution is -2.38. The number of aliphatic hydroxyl groups is 1. The molecule has 1 aromatic rings. The van der Waals surface area contributed by atoms with Crippen molar-refractivity contribution in [2.45, 2.75) is 31.2 Å². The first-order chi connectivity index (χ1) is 7.24. The first-order valence-corrected chi connectivity index (χ1v) is 6.18. The van der Waals surface area contributed by atoms with Gasteiger partial charge in [0.2, 0.25) is 0 Å². The second-order valence-corrected chi connectivity index (χ2v) is 5.20. The summed E-state index contributed by atoms with van der Waals surface area (Å²) in [5, 5.41) is 12.9. The van der Waals surface area contributed by atoms with Gasteiger partial charge in [-0.2, -0.15) is 0 Å². The van der Waals surface area contributed by atoms with E-state index < -0.39 is 0 Å². The fourth-order valence-electron chi connectivity index (χ4n) is 2.25. The molecule has 0 spiro atoms. The van der Waals surface area contributed by atoms with Gasteiger partial charge in [0.15, 0.2) is 0 Å². The average Bonchev–Trinajstić information content (AvgIpc) is 2.67. The van der Waals surface area contributed by atoms with E-state index in [0.29, 0.717) is 0 Å². The van der Waals surface area contributed by atoms with Crippen LogP contribution in [0.5, 0.6) is 0 Å². The molecule has 1 aromatic carbocycles. The van der Waals surface area contributed by atoms with E-state index >= 15 is 0 Å². The Morgan fingerprint density at radius 2 is 2.07 bits per heavy atom. The minimum Gasteiger partial charge on any atom is -0.394 e. The molecule has 0 atom stereocenters. The maximum atomic E-state index is 9.47. The Balaban J connectivity index is 2.12. The molecule has 2 rings (SSSR count). The van der Waals surface area contributed by atoms with Crippen molar-refractivity contribution in [2.24, 2.45) is 0 Å². The number of hydrogen-bond acceptors (Lipinski definition) is 2. The molecule has 2 nitrogen and oxygen atoms in total. The zero-order valence-electron chi connectivity index (χ0n) is 8.67. The number of anilines is 1. The molecule has 0 aliphatic heterocycles. The highest BCUT2D eigenvalue weighted by molar-refractivity contribution is 9.10. The molecule has 3 heteroatoms. The van der Waals surface area contributed by atoms with E-state index in [-0.39, 0.29) is 12.1 Å². The summed E-state index contributed by atoms with van der Waals surface area (Å²) >= 11 is 3.45. The molecule has 82 valence electrons. The van der Waals surface area contributed by atoms with Gasteiger partial charge in [0.25, 0.3) is 0 Å². The van der Waals surface area contributed by atoms with Crippen LogP contribution < -0.4 is 5.32 Å². The third-order valence-corrected chi connectivity index (χ3v) is 3.59. The molecule has 1 fully saturated rings. The molecule has 1 aliphatic carbocycles. The van der Waals surface area contributed by atoms with Gasteiger partial charge in [-0.1, -0.05) is 34.8 Å². The fourth-order valence-corrected chi connectivity index (χ4v) is 2.65. The van der Waals surface area contributed by atoms with E-state index in [4.69, 9.17) is 0 Å². The summed E-state index contributed by atoms with van der Waals surface area (Å²) in [6.07, 6.45) is 4.55. The van der Waals surface area contributed by atoms with Crippen LogP contribution in [0.3, 0.4) is 0 Å². The van der Waals surface area contributed by atoms with Crippen molar-refractivity contribution in [3.8, 4) is 0 Å². The normalized spacial score (nSPS) is 19.1. The van der Waals surface area contributed by atoms with Gasteiger partial charge in [-0.15, -0.1) is 0 Å². The van der Waals surface area contributed by atoms with Crippen LogP contribution in [0.2, 0.25) is 0 Å². The van der Waals surface area contributed by atoms with E-state index in [9.17, 15) is 5.11 Å². The second kappa shape index (κ2) is 4.54. The number of rotatable bonds is 3. The van der Waals surface area contributed by atoms with Crippen LogP contribution in [-0.2, 0) is 0 Å². The number of halogens is 1. The summed E-state index contributed by atoms with van der Waals surface area (Å²) in [5.74, 6) is 0. The zero-order valence-corrected chi connectivity index (χ0v) is 10.3. The van der Waals surface area contributed by atoms with Crippen molar-refractivity contribution in [3.05, 3.63) is 28.7 Å². The Morgan fingerprint density at radius 1 is 1.33 bits per heavy atom. The monoisotopic (exact) mass is 269 g/mol. The predicted molar refractivity (Wildman–Crippen MR) is 66.0 cm³/mol. The Morgan fingerprint density at radius 3 is 2.67 bits per heavy atom. The molecule has 2 N–H and O–H groups in total. The van der Waals surface area contributed by atoms with Crippen molar-refractivity contribution in [3.63, 3.8) is 0 Å². The summed E-state index contributed by atoms with van der Waals surface area (Å²) in [7, 11) is 0. The van der Waals surface area contributed by atoms with Gasteiger partial charge >= 0.3 is 0 Å². The largest absolute Gasteiger partial charge is 0.394 e. The summed E-state index contributed by atoms with van der Waals surface area (Å²) in [6, 6.07) is 8.11. The van der Waals surface area contributed by atoms with Gasteiger partial charge < -0.3 is 10.4 Å². The van der Waals surface area contributed by atoms with E-state index in [1.54, 1.807) is 0 Å². The summed E-state index contributed by atoms with van der Waals surface area (Å²) in [5.41, 5.74) is 1.00. The van der Waals surface area contributed by atoms with Crippen LogP contribution in [-0.4, -0.2) is 17.3 Å². The van der Waals surface area contributed by atoms with Gasteiger partial charge in [0.05, 0.1) is 12.1 Å². The first-order valence-electron chi connectivity index (χ1n) is 5.39. The third kappa shape index (κ3) is 2.52. The molecule has 0 heterocycles. The topological polar surface area (TPSA) is 32.3 Å². The van der Waals surface area contributed by atoms with Crippen molar-refractivity contribution >= 4 is 21.6 Å². The van der Waals surface area contributed by atoms with Crippen molar-refractivity contribution in [1.82, 2.24) is 0 Å². The highest BCUT2D eigenvalue weighted by Crippen LogP contribution is 2.33. The summed E-state index contributed by atoms with van der Waals surface area (Å²) in [6.45, 7) is 0.222. The first kappa shape index (κ1) is 11.0. The van der Waals surface area contributed by atoms with E-state index in [0.717, 1.165) is 23.0 Å². The average molecular weight is 270 g/mol. The maximum Gasteiger partial charge on any atom is 0.0661 e. The molecule has 0 unspecified atom stereocenters. The van der Waals surface area contributed by atoms with Crippen LogP contribution in [0.1, 0.15) is 25.7 Å². The maximum absolute atomic E-state index is 9.47. The van der Waals surface area contributed by atoms with Gasteiger partial charge in [0, 0.05) is 10.2 Å². The van der Waals surface area contributed by atoms with Crippen molar-refractivity contribution in [2.75, 3.05) is 11.9 Å². The number of nitrogens with one attached hydrogen (secondary N) is 1. The molecular formula is C12H16BrNO. The van der Waals surface area contributed by atoms with Crippen LogP contribution >= 0.6 is 15.9 Å². The SMILES string of the molecule is OCC1(Nc2cccc(Br)c2)CCCC1. The molecule has 1 aliphatic rings. The highest BCUT2D eigenvalue weighted by Gasteiger charge is 2.32. The van der Waals surface area contributed by atoms with Gasteiger partial charge in [-0.05, 0) is 31.0 Å². The molecule has 0 radical (unpaired) electrons. The van der Waals surface area contributed by atoms with Crippen molar-refractivity contribution < 1.29 is 5.11 Å². The molecular weight excluding hydrogens is 254 g/mol. The van der Waals surface area contributed by atoms with Crippen LogP contribution in [0.4, 0.5) is 5.69 Å². The summed E-state index contributed by atoms with van der Waals surface area (Å²) < 4.78 is 1.07. The molecule has 1 saturated carbocycles. The van der Waals surface area contributed by atoms with Crippen LogP contribution in [0, 0.1) is 0 Å². The standard InChI is InChI=1S/C12H16BrNO/c13-10-4-3-5-11(8-10)14-12(9-15)6-1-2-7-12/h3-5,8,14-15H,1-2,6-7,9H2.